The average molecular weight is 197 g/mol. The Morgan fingerprint density at radius 2 is 1.92 bits per heavy atom. The molecular weight excluding hydrogens is 184 g/mol. The zero-order valence-corrected chi connectivity index (χ0v) is 8.84. The Kier molecular flexibility index (Phi) is 3.32. The van der Waals surface area contributed by atoms with E-state index in [1.54, 1.807) is 0 Å². The summed E-state index contributed by atoms with van der Waals surface area (Å²) >= 11 is 5.52. The van der Waals surface area contributed by atoms with Crippen LogP contribution in [-0.4, -0.2) is 24.8 Å². The number of amidine groups is 1. The van der Waals surface area contributed by atoms with Crippen molar-refractivity contribution >= 4 is 17.6 Å². The Bertz CT molecular complexity index is 318. The van der Waals surface area contributed by atoms with Gasteiger partial charge >= 0.3 is 0 Å². The van der Waals surface area contributed by atoms with Crippen LogP contribution < -0.4 is 0 Å². The van der Waals surface area contributed by atoms with Gasteiger partial charge in [0, 0.05) is 31.4 Å². The minimum atomic E-state index is 0.791. The molecule has 0 N–H and O–H groups in total. The molecule has 0 aliphatic carbocycles. The molecule has 0 bridgehead atoms. The highest BCUT2D eigenvalue weighted by molar-refractivity contribution is 6.22. The second kappa shape index (κ2) is 4.28. The lowest BCUT2D eigenvalue weighted by Gasteiger charge is -2.15. The summed E-state index contributed by atoms with van der Waals surface area (Å²) in [4.78, 5) is 1.90. The van der Waals surface area contributed by atoms with Crippen molar-refractivity contribution in [2.24, 2.45) is 4.51 Å². The van der Waals surface area contributed by atoms with Crippen molar-refractivity contribution < 1.29 is 0 Å². The van der Waals surface area contributed by atoms with Gasteiger partial charge in [0.1, 0.15) is 5.84 Å². The van der Waals surface area contributed by atoms with Gasteiger partial charge in [-0.3, -0.25) is 0 Å². The van der Waals surface area contributed by atoms with Crippen molar-refractivity contribution in [2.45, 2.75) is 6.92 Å². The van der Waals surface area contributed by atoms with E-state index in [2.05, 4.69) is 4.51 Å². The van der Waals surface area contributed by atoms with Crippen LogP contribution in [0.2, 0.25) is 0 Å². The molecule has 0 amide bonds. The Morgan fingerprint density at radius 1 is 1.31 bits per heavy atom. The second-order valence-corrected chi connectivity index (χ2v) is 3.29. The van der Waals surface area contributed by atoms with Gasteiger partial charge in [-0.15, -0.1) is 0 Å². The largest absolute Gasteiger partial charge is 0.361 e. The van der Waals surface area contributed by atoms with E-state index in [4.69, 9.17) is 11.8 Å². The fraction of sp³-hybridized carbons (Fsp3) is 0.300. The lowest BCUT2D eigenvalue weighted by Crippen LogP contribution is -2.23. The molecule has 0 aromatic heterocycles. The van der Waals surface area contributed by atoms with Crippen LogP contribution in [0.15, 0.2) is 28.8 Å². The molecule has 0 spiro atoms. The summed E-state index contributed by atoms with van der Waals surface area (Å²) in [5, 5.41) is 0. The molecule has 1 aromatic carbocycles. The first kappa shape index (κ1) is 10.1. The molecule has 2 nitrogen and oxygen atoms in total. The van der Waals surface area contributed by atoms with Crippen molar-refractivity contribution in [1.82, 2.24) is 4.90 Å². The first-order valence-electron chi connectivity index (χ1n) is 4.09. The zero-order valence-electron chi connectivity index (χ0n) is 8.08. The fourth-order valence-corrected chi connectivity index (χ4v) is 1.43. The maximum atomic E-state index is 5.52. The fourth-order valence-electron chi connectivity index (χ4n) is 1.19. The highest BCUT2D eigenvalue weighted by atomic mass is 35.5. The quantitative estimate of drug-likeness (QED) is 0.498. The maximum Gasteiger partial charge on any atom is 0.150 e. The number of benzene rings is 1. The number of nitrogens with zero attached hydrogens (tertiary/aromatic N) is 2. The van der Waals surface area contributed by atoms with Gasteiger partial charge in [-0.25, -0.2) is 0 Å². The van der Waals surface area contributed by atoms with Crippen LogP contribution in [0.3, 0.4) is 0 Å². The monoisotopic (exact) mass is 196 g/mol. The Labute approximate surface area is 84.0 Å². The van der Waals surface area contributed by atoms with Crippen molar-refractivity contribution in [3.8, 4) is 0 Å². The Balaban J connectivity index is 3.13. The number of hydrogen-bond donors (Lipinski definition) is 0. The molecule has 0 aliphatic heterocycles. The number of hydrogen-bond acceptors (Lipinski definition) is 1. The lowest BCUT2D eigenvalue weighted by molar-refractivity contribution is 0.625. The zero-order chi connectivity index (χ0) is 9.84. The molecule has 0 unspecified atom stereocenters. The van der Waals surface area contributed by atoms with E-state index >= 15 is 0 Å². The molecule has 0 saturated carbocycles. The summed E-state index contributed by atoms with van der Waals surface area (Å²) < 4.78 is 3.73. The Hall–Kier alpha value is -1.02. The summed E-state index contributed by atoms with van der Waals surface area (Å²) in [6.45, 7) is 2.04. The van der Waals surface area contributed by atoms with Crippen molar-refractivity contribution in [3.05, 3.63) is 35.4 Å². The van der Waals surface area contributed by atoms with E-state index in [0.717, 1.165) is 11.4 Å². The maximum absolute atomic E-state index is 5.52. The molecule has 1 rings (SSSR count). The molecule has 0 atom stereocenters. The van der Waals surface area contributed by atoms with Crippen LogP contribution >= 0.6 is 11.8 Å². The topological polar surface area (TPSA) is 15.6 Å². The predicted octanol–water partition coefficient (Wildman–Crippen LogP) is 2.46. The van der Waals surface area contributed by atoms with Gasteiger partial charge in [0.15, 0.2) is 0 Å². The van der Waals surface area contributed by atoms with Crippen molar-refractivity contribution in [2.75, 3.05) is 14.1 Å². The molecule has 0 radical (unpaired) electrons. The summed E-state index contributed by atoms with van der Waals surface area (Å²) in [6, 6.07) is 8.03. The number of halogens is 1. The van der Waals surface area contributed by atoms with Gasteiger partial charge in [0.05, 0.1) is 0 Å². The van der Waals surface area contributed by atoms with Crippen LogP contribution in [0.4, 0.5) is 0 Å². The third-order valence-corrected chi connectivity index (χ3v) is 2.05. The number of aryl methyl sites for hydroxylation is 1. The van der Waals surface area contributed by atoms with Crippen LogP contribution in [0, 0.1) is 6.92 Å². The summed E-state index contributed by atoms with van der Waals surface area (Å²) in [7, 11) is 3.85. The Morgan fingerprint density at radius 3 is 2.38 bits per heavy atom. The highest BCUT2D eigenvalue weighted by Crippen LogP contribution is 2.10. The lowest BCUT2D eigenvalue weighted by atomic mass is 10.1. The predicted molar refractivity (Wildman–Crippen MR) is 57.3 cm³/mol. The smallest absolute Gasteiger partial charge is 0.150 e. The first-order chi connectivity index (χ1) is 6.16. The van der Waals surface area contributed by atoms with Gasteiger partial charge in [-0.2, -0.15) is 4.51 Å². The third kappa shape index (κ3) is 2.22. The van der Waals surface area contributed by atoms with Gasteiger partial charge in [0.25, 0.3) is 0 Å². The number of rotatable bonds is 1. The molecule has 1 aromatic rings. The summed E-state index contributed by atoms with van der Waals surface area (Å²) in [6.07, 6.45) is 0. The standard InChI is InChI=1S/C10H13ClN2/c1-8-6-4-5-7-9(8)10(12-11)13(2)3/h4-7H,1-3H3. The van der Waals surface area contributed by atoms with E-state index in [-0.39, 0.29) is 0 Å². The van der Waals surface area contributed by atoms with Crippen LogP contribution in [0.5, 0.6) is 0 Å². The van der Waals surface area contributed by atoms with Crippen LogP contribution in [0.1, 0.15) is 11.1 Å². The van der Waals surface area contributed by atoms with E-state index < -0.39 is 0 Å². The highest BCUT2D eigenvalue weighted by Gasteiger charge is 2.07. The first-order valence-corrected chi connectivity index (χ1v) is 4.43. The van der Waals surface area contributed by atoms with Gasteiger partial charge in [-0.05, 0) is 12.5 Å². The minimum absolute atomic E-state index is 0.791. The summed E-state index contributed by atoms with van der Waals surface area (Å²) in [5.74, 6) is 0.791. The average Bonchev–Trinajstić information content (AvgIpc) is 2.09. The van der Waals surface area contributed by atoms with Crippen LogP contribution in [-0.2, 0) is 0 Å². The third-order valence-electron chi connectivity index (χ3n) is 1.89. The molecular formula is C10H13ClN2. The summed E-state index contributed by atoms with van der Waals surface area (Å²) in [5.41, 5.74) is 2.25. The molecule has 0 aliphatic rings. The normalized spacial score (nSPS) is 11.5. The molecule has 13 heavy (non-hydrogen) atoms. The molecule has 0 fully saturated rings. The van der Waals surface area contributed by atoms with Gasteiger partial charge in [0.2, 0.25) is 0 Å². The van der Waals surface area contributed by atoms with Crippen LogP contribution in [0.25, 0.3) is 0 Å². The van der Waals surface area contributed by atoms with E-state index in [1.165, 1.54) is 5.56 Å². The minimum Gasteiger partial charge on any atom is -0.361 e. The van der Waals surface area contributed by atoms with E-state index in [1.807, 2.05) is 50.2 Å². The molecule has 0 saturated heterocycles. The van der Waals surface area contributed by atoms with Crippen molar-refractivity contribution in [3.63, 3.8) is 0 Å². The second-order valence-electron chi connectivity index (χ2n) is 3.12. The van der Waals surface area contributed by atoms with Gasteiger partial charge < -0.3 is 4.90 Å². The van der Waals surface area contributed by atoms with Gasteiger partial charge in [-0.1, -0.05) is 24.3 Å². The molecule has 0 heterocycles. The van der Waals surface area contributed by atoms with E-state index in [0.29, 0.717) is 0 Å². The SMILES string of the molecule is Cc1ccccc1C(=NCl)N(C)C. The molecule has 3 heteroatoms. The van der Waals surface area contributed by atoms with Crippen molar-refractivity contribution in [1.29, 1.82) is 0 Å². The molecule has 70 valence electrons. The van der Waals surface area contributed by atoms with E-state index in [9.17, 15) is 0 Å².